The number of carbonyl (C=O) groups excluding carboxylic acids is 1. The average Bonchev–Trinajstić information content (AvgIpc) is 2.49. The number of hydrogen-bond acceptors (Lipinski definition) is 5. The van der Waals surface area contributed by atoms with Gasteiger partial charge in [0.05, 0.1) is 13.2 Å². The van der Waals surface area contributed by atoms with Gasteiger partial charge in [-0.3, -0.25) is 8.98 Å². The highest BCUT2D eigenvalue weighted by Gasteiger charge is 2.26. The van der Waals surface area contributed by atoms with E-state index in [9.17, 15) is 13.2 Å². The zero-order valence-electron chi connectivity index (χ0n) is 14.6. The van der Waals surface area contributed by atoms with E-state index in [1.54, 1.807) is 33.9 Å². The minimum absolute atomic E-state index is 0.0353. The van der Waals surface area contributed by atoms with E-state index in [2.05, 4.69) is 5.92 Å². The lowest BCUT2D eigenvalue weighted by Crippen LogP contribution is -2.26. The molecule has 0 bridgehead atoms. The largest absolute Gasteiger partial charge is 0.495 e. The molecular formula is C17H23NO5S. The molecule has 0 fully saturated rings. The van der Waals surface area contributed by atoms with Gasteiger partial charge in [0.1, 0.15) is 10.6 Å². The summed E-state index contributed by atoms with van der Waals surface area (Å²) in [5, 5.41) is 0. The fourth-order valence-corrected chi connectivity index (χ4v) is 3.63. The molecule has 1 aromatic rings. The Morgan fingerprint density at radius 3 is 2.50 bits per heavy atom. The Kier molecular flexibility index (Phi) is 6.81. The van der Waals surface area contributed by atoms with Crippen molar-refractivity contribution in [2.45, 2.75) is 44.6 Å². The van der Waals surface area contributed by atoms with Crippen molar-refractivity contribution in [1.29, 1.82) is 0 Å². The third-order valence-corrected chi connectivity index (χ3v) is 4.92. The molecule has 0 spiro atoms. The van der Waals surface area contributed by atoms with Crippen LogP contribution in [0.25, 0.3) is 0 Å². The minimum Gasteiger partial charge on any atom is -0.495 e. The van der Waals surface area contributed by atoms with Gasteiger partial charge in [0.2, 0.25) is 5.91 Å². The van der Waals surface area contributed by atoms with Crippen LogP contribution in [0.3, 0.4) is 0 Å². The Hall–Kier alpha value is -2.04. The highest BCUT2D eigenvalue weighted by atomic mass is 32.2. The number of aryl methyl sites for hydroxylation is 1. The Morgan fingerprint density at radius 2 is 2.00 bits per heavy atom. The maximum absolute atomic E-state index is 12.4. The molecule has 0 saturated heterocycles. The summed E-state index contributed by atoms with van der Waals surface area (Å²) in [7, 11) is -0.994. The second kappa shape index (κ2) is 8.18. The maximum Gasteiger partial charge on any atom is 0.301 e. The molecule has 132 valence electrons. The van der Waals surface area contributed by atoms with E-state index in [1.807, 2.05) is 0 Å². The molecule has 0 saturated carbocycles. The van der Waals surface area contributed by atoms with Gasteiger partial charge in [0.15, 0.2) is 0 Å². The second-order valence-corrected chi connectivity index (χ2v) is 7.06. The average molecular weight is 353 g/mol. The molecule has 0 aliphatic heterocycles. The molecular weight excluding hydrogens is 330 g/mol. The van der Waals surface area contributed by atoms with Gasteiger partial charge in [0.25, 0.3) is 0 Å². The van der Waals surface area contributed by atoms with Crippen LogP contribution in [0.15, 0.2) is 17.0 Å². The zero-order chi connectivity index (χ0) is 18.5. The lowest BCUT2D eigenvalue weighted by atomic mass is 10.2. The van der Waals surface area contributed by atoms with E-state index in [4.69, 9.17) is 15.3 Å². The maximum atomic E-state index is 12.4. The third kappa shape index (κ3) is 4.73. The van der Waals surface area contributed by atoms with Crippen molar-refractivity contribution < 1.29 is 22.1 Å². The van der Waals surface area contributed by atoms with E-state index >= 15 is 0 Å². The predicted molar refractivity (Wildman–Crippen MR) is 92.6 cm³/mol. The van der Waals surface area contributed by atoms with Crippen LogP contribution >= 0.6 is 0 Å². The summed E-state index contributed by atoms with van der Waals surface area (Å²) in [5.41, 5.74) is 0.955. The molecule has 0 radical (unpaired) electrons. The summed E-state index contributed by atoms with van der Waals surface area (Å²) in [4.78, 5) is 13.5. The van der Waals surface area contributed by atoms with Gasteiger partial charge in [-0.05, 0) is 32.4 Å². The van der Waals surface area contributed by atoms with Crippen LogP contribution in [0, 0.1) is 19.3 Å². The topological polar surface area (TPSA) is 72.9 Å². The smallest absolute Gasteiger partial charge is 0.301 e. The fourth-order valence-electron chi connectivity index (χ4n) is 2.18. The van der Waals surface area contributed by atoms with E-state index in [-0.39, 0.29) is 23.0 Å². The molecule has 7 heteroatoms. The van der Waals surface area contributed by atoms with E-state index < -0.39 is 16.2 Å². The molecule has 1 rings (SSSR count). The van der Waals surface area contributed by atoms with Crippen molar-refractivity contribution in [1.82, 2.24) is 0 Å². The van der Waals surface area contributed by atoms with E-state index in [0.717, 1.165) is 0 Å². The van der Waals surface area contributed by atoms with Gasteiger partial charge in [-0.1, -0.05) is 0 Å². The lowest BCUT2D eigenvalue weighted by molar-refractivity contribution is -0.118. The summed E-state index contributed by atoms with van der Waals surface area (Å²) in [6.45, 7) is 4.89. The number of amides is 1. The van der Waals surface area contributed by atoms with Gasteiger partial charge < -0.3 is 9.64 Å². The van der Waals surface area contributed by atoms with Gasteiger partial charge in [-0.15, -0.1) is 12.3 Å². The Bertz CT molecular complexity index is 747. The molecule has 6 nitrogen and oxygen atoms in total. The number of nitrogens with zero attached hydrogens (tertiary/aromatic N) is 1. The highest BCUT2D eigenvalue weighted by Crippen LogP contribution is 2.34. The number of anilines is 1. The van der Waals surface area contributed by atoms with Crippen LogP contribution in [0.5, 0.6) is 5.75 Å². The number of benzene rings is 1. The summed E-state index contributed by atoms with van der Waals surface area (Å²) in [6, 6.07) is 3.10. The fraction of sp³-hybridized carbons (Fsp3) is 0.471. The Labute approximate surface area is 143 Å². The van der Waals surface area contributed by atoms with Crippen LogP contribution in [-0.2, 0) is 19.1 Å². The Morgan fingerprint density at radius 1 is 1.38 bits per heavy atom. The summed E-state index contributed by atoms with van der Waals surface area (Å²) in [6.07, 6.45) is 5.23. The molecule has 1 amide bonds. The molecule has 0 aromatic heterocycles. The molecule has 0 aliphatic carbocycles. The van der Waals surface area contributed by atoms with E-state index in [1.165, 1.54) is 18.1 Å². The molecule has 1 aromatic carbocycles. The molecule has 0 N–H and O–H groups in total. The van der Waals surface area contributed by atoms with Crippen molar-refractivity contribution in [3.05, 3.63) is 17.7 Å². The quantitative estimate of drug-likeness (QED) is 0.556. The highest BCUT2D eigenvalue weighted by molar-refractivity contribution is 7.87. The zero-order valence-corrected chi connectivity index (χ0v) is 15.4. The van der Waals surface area contributed by atoms with Gasteiger partial charge in [-0.2, -0.15) is 8.42 Å². The SMILES string of the molecule is C#CCCC(=O)N(C)c1cc(C)c(S(=O)(=O)OC(C)C)c(OC)c1. The summed E-state index contributed by atoms with van der Waals surface area (Å²) >= 11 is 0. The third-order valence-electron chi connectivity index (χ3n) is 3.26. The van der Waals surface area contributed by atoms with Crippen molar-refractivity contribution in [3.63, 3.8) is 0 Å². The molecule has 0 aliphatic rings. The first-order chi connectivity index (χ1) is 11.1. The van der Waals surface area contributed by atoms with Crippen molar-refractivity contribution in [3.8, 4) is 18.1 Å². The van der Waals surface area contributed by atoms with Gasteiger partial charge in [-0.25, -0.2) is 0 Å². The number of methoxy groups -OCH3 is 1. The van der Waals surface area contributed by atoms with E-state index in [0.29, 0.717) is 17.7 Å². The van der Waals surface area contributed by atoms with Crippen LogP contribution < -0.4 is 9.64 Å². The first-order valence-corrected chi connectivity index (χ1v) is 8.86. The van der Waals surface area contributed by atoms with Crippen LogP contribution in [0.2, 0.25) is 0 Å². The van der Waals surface area contributed by atoms with Crippen molar-refractivity contribution in [2.75, 3.05) is 19.1 Å². The molecule has 0 heterocycles. The first kappa shape index (κ1) is 20.0. The minimum atomic E-state index is -3.96. The number of hydrogen-bond donors (Lipinski definition) is 0. The van der Waals surface area contributed by atoms with Crippen LogP contribution in [0.4, 0.5) is 5.69 Å². The molecule has 24 heavy (non-hydrogen) atoms. The number of ether oxygens (including phenoxy) is 1. The van der Waals surface area contributed by atoms with Crippen molar-refractivity contribution in [2.24, 2.45) is 0 Å². The molecule has 0 unspecified atom stereocenters. The van der Waals surface area contributed by atoms with Gasteiger partial charge >= 0.3 is 10.1 Å². The molecule has 0 atom stereocenters. The van der Waals surface area contributed by atoms with Gasteiger partial charge in [0, 0.05) is 31.6 Å². The Balaban J connectivity index is 3.31. The summed E-state index contributed by atoms with van der Waals surface area (Å²) in [5.74, 6) is 2.38. The second-order valence-electron chi connectivity index (χ2n) is 5.55. The first-order valence-electron chi connectivity index (χ1n) is 7.46. The normalized spacial score (nSPS) is 11.2. The standard InChI is InChI=1S/C17H23NO5S/c1-7-8-9-16(19)18(5)14-10-13(4)17(15(11-14)22-6)24(20,21)23-12(2)3/h1,10-12H,8-9H2,2-6H3. The monoisotopic (exact) mass is 353 g/mol. The van der Waals surface area contributed by atoms with Crippen molar-refractivity contribution >= 4 is 21.7 Å². The number of rotatable bonds is 7. The predicted octanol–water partition coefficient (Wildman–Crippen LogP) is 2.49. The number of carbonyl (C=O) groups is 1. The van der Waals surface area contributed by atoms with Crippen LogP contribution in [0.1, 0.15) is 32.3 Å². The lowest BCUT2D eigenvalue weighted by Gasteiger charge is -2.21. The number of terminal acetylenes is 1. The van der Waals surface area contributed by atoms with Crippen LogP contribution in [-0.4, -0.2) is 34.6 Å². The summed E-state index contributed by atoms with van der Waals surface area (Å²) < 4.78 is 35.0.